The number of aryl methyl sites for hydroxylation is 1. The smallest absolute Gasteiger partial charge is 0.242 e. The number of carbonyl (C=O) groups is 1. The van der Waals surface area contributed by atoms with Crippen LogP contribution in [0.4, 0.5) is 0 Å². The van der Waals surface area contributed by atoms with Gasteiger partial charge >= 0.3 is 0 Å². The van der Waals surface area contributed by atoms with Gasteiger partial charge in [0.1, 0.15) is 5.76 Å². The zero-order valence-electron chi connectivity index (χ0n) is 16.6. The molecule has 1 aliphatic rings. The molecule has 6 nitrogen and oxygen atoms in total. The fraction of sp³-hybridized carbons (Fsp3) is 0.217. The second kappa shape index (κ2) is 9.54. The van der Waals surface area contributed by atoms with Gasteiger partial charge in [-0.05, 0) is 42.2 Å². The quantitative estimate of drug-likeness (QED) is 0.423. The number of carbonyl (C=O) groups excluding carboxylic acids is 1. The molecule has 1 atom stereocenters. The minimum atomic E-state index is -0.236. The molecule has 0 saturated carbocycles. The molecule has 3 aromatic rings. The second-order valence-electron chi connectivity index (χ2n) is 6.90. The third-order valence-electron chi connectivity index (χ3n) is 4.80. The van der Waals surface area contributed by atoms with Crippen LogP contribution >= 0.6 is 11.8 Å². The Morgan fingerprint density at radius 3 is 2.70 bits per heavy atom. The van der Waals surface area contributed by atoms with Gasteiger partial charge in [0, 0.05) is 18.0 Å². The van der Waals surface area contributed by atoms with Crippen molar-refractivity contribution in [2.75, 3.05) is 0 Å². The minimum Gasteiger partial charge on any atom is -0.467 e. The highest BCUT2D eigenvalue weighted by atomic mass is 32.2. The maximum Gasteiger partial charge on any atom is 0.242 e. The average Bonchev–Trinajstić information content (AvgIpc) is 3.39. The Bertz CT molecular complexity index is 1030. The predicted molar refractivity (Wildman–Crippen MR) is 119 cm³/mol. The molecule has 0 bridgehead atoms. The van der Waals surface area contributed by atoms with Crippen LogP contribution in [0.15, 0.2) is 81.8 Å². The van der Waals surface area contributed by atoms with Crippen LogP contribution in [0.1, 0.15) is 29.4 Å². The molecule has 4 rings (SSSR count). The highest BCUT2D eigenvalue weighted by molar-refractivity contribution is 8.15. The molecule has 0 N–H and O–H groups in total. The molecule has 152 valence electrons. The molecule has 1 amide bonds. The molecular weight excluding hydrogens is 396 g/mol. The van der Waals surface area contributed by atoms with E-state index >= 15 is 0 Å². The van der Waals surface area contributed by atoms with Gasteiger partial charge in [0.05, 0.1) is 24.3 Å². The lowest BCUT2D eigenvalue weighted by molar-refractivity contribution is -0.126. The van der Waals surface area contributed by atoms with E-state index in [1.165, 1.54) is 17.3 Å². The monoisotopic (exact) mass is 418 g/mol. The number of amides is 1. The first kappa shape index (κ1) is 20.1. The molecule has 0 radical (unpaired) electrons. The van der Waals surface area contributed by atoms with Gasteiger partial charge < -0.3 is 4.42 Å². The van der Waals surface area contributed by atoms with E-state index in [4.69, 9.17) is 4.42 Å². The van der Waals surface area contributed by atoms with Crippen molar-refractivity contribution >= 4 is 29.1 Å². The summed E-state index contributed by atoms with van der Waals surface area (Å²) in [4.78, 5) is 18.8. The van der Waals surface area contributed by atoms with E-state index in [-0.39, 0.29) is 11.2 Å². The Kier molecular flexibility index (Phi) is 6.39. The Morgan fingerprint density at radius 1 is 1.17 bits per heavy atom. The van der Waals surface area contributed by atoms with E-state index in [0.717, 1.165) is 17.5 Å². The largest absolute Gasteiger partial charge is 0.467 e. The summed E-state index contributed by atoms with van der Waals surface area (Å²) < 4.78 is 5.44. The molecule has 0 aliphatic carbocycles. The van der Waals surface area contributed by atoms with Crippen molar-refractivity contribution in [2.24, 2.45) is 10.2 Å². The van der Waals surface area contributed by atoms with Crippen molar-refractivity contribution in [2.45, 2.75) is 31.6 Å². The van der Waals surface area contributed by atoms with E-state index < -0.39 is 0 Å². The number of hydrogen-bond acceptors (Lipinski definition) is 6. The van der Waals surface area contributed by atoms with Gasteiger partial charge in [-0.2, -0.15) is 5.10 Å². The van der Waals surface area contributed by atoms with E-state index in [1.54, 1.807) is 29.8 Å². The highest BCUT2D eigenvalue weighted by Crippen LogP contribution is 2.31. The summed E-state index contributed by atoms with van der Waals surface area (Å²) in [5.41, 5.74) is 3.27. The molecular formula is C23H22N4O2S. The molecule has 1 aromatic carbocycles. The Hall–Kier alpha value is -3.19. The predicted octanol–water partition coefficient (Wildman–Crippen LogP) is 4.31. The van der Waals surface area contributed by atoms with Crippen LogP contribution in [-0.4, -0.2) is 32.4 Å². The fourth-order valence-corrected chi connectivity index (χ4v) is 4.28. The summed E-state index contributed by atoms with van der Waals surface area (Å²) >= 11 is 1.44. The standard InChI is InChI=1S/C23H22N4O2S/c1-2-17-7-9-18(10-8-17)13-21-22(28)27(16-20-6-4-12-29-20)23(30-21)26-25-15-19-5-3-11-24-14-19/h3-12,14-15,21H,2,13,16H2,1H3. The molecule has 1 fully saturated rings. The summed E-state index contributed by atoms with van der Waals surface area (Å²) in [5, 5.41) is 8.85. The van der Waals surface area contributed by atoms with Crippen molar-refractivity contribution < 1.29 is 9.21 Å². The molecule has 2 aromatic heterocycles. The number of hydrogen-bond donors (Lipinski definition) is 0. The van der Waals surface area contributed by atoms with E-state index in [9.17, 15) is 4.79 Å². The van der Waals surface area contributed by atoms with Gasteiger partial charge in [0.15, 0.2) is 5.17 Å². The second-order valence-corrected chi connectivity index (χ2v) is 8.07. The van der Waals surface area contributed by atoms with Gasteiger partial charge in [0.2, 0.25) is 5.91 Å². The van der Waals surface area contributed by atoms with E-state index in [2.05, 4.69) is 46.4 Å². The first-order valence-electron chi connectivity index (χ1n) is 9.82. The van der Waals surface area contributed by atoms with Gasteiger partial charge in [-0.3, -0.25) is 14.7 Å². The molecule has 1 aliphatic heterocycles. The van der Waals surface area contributed by atoms with Gasteiger partial charge in [0.25, 0.3) is 0 Å². The van der Waals surface area contributed by atoms with Crippen molar-refractivity contribution in [3.05, 3.63) is 89.6 Å². The first-order valence-corrected chi connectivity index (χ1v) is 10.7. The van der Waals surface area contributed by atoms with Crippen molar-refractivity contribution in [1.82, 2.24) is 9.88 Å². The van der Waals surface area contributed by atoms with Crippen LogP contribution < -0.4 is 0 Å². The molecule has 1 unspecified atom stereocenters. The number of benzene rings is 1. The van der Waals surface area contributed by atoms with Crippen LogP contribution in [0.5, 0.6) is 0 Å². The zero-order chi connectivity index (χ0) is 20.8. The number of pyridine rings is 1. The Morgan fingerprint density at radius 2 is 2.00 bits per heavy atom. The van der Waals surface area contributed by atoms with E-state index in [0.29, 0.717) is 23.9 Å². The summed E-state index contributed by atoms with van der Waals surface area (Å²) in [6.07, 6.45) is 8.30. The topological polar surface area (TPSA) is 71.1 Å². The Balaban J connectivity index is 1.53. The maximum absolute atomic E-state index is 13.1. The number of nitrogens with zero attached hydrogens (tertiary/aromatic N) is 4. The Labute approximate surface area is 179 Å². The number of furan rings is 1. The van der Waals surface area contributed by atoms with Crippen LogP contribution in [0.25, 0.3) is 0 Å². The number of rotatable bonds is 7. The molecule has 1 saturated heterocycles. The zero-order valence-corrected chi connectivity index (χ0v) is 17.5. The summed E-state index contributed by atoms with van der Waals surface area (Å²) in [7, 11) is 0. The normalized spacial score (nSPS) is 18.0. The summed E-state index contributed by atoms with van der Waals surface area (Å²) in [5.74, 6) is 0.729. The molecule has 7 heteroatoms. The van der Waals surface area contributed by atoms with Crippen molar-refractivity contribution in [1.29, 1.82) is 0 Å². The maximum atomic E-state index is 13.1. The van der Waals surface area contributed by atoms with Gasteiger partial charge in [-0.25, -0.2) is 0 Å². The summed E-state index contributed by atoms with van der Waals surface area (Å²) in [6.45, 7) is 2.47. The SMILES string of the molecule is CCc1ccc(CC2SC(=NN=Cc3cccnc3)N(Cc3ccco3)C2=O)cc1. The molecule has 0 spiro atoms. The van der Waals surface area contributed by atoms with Crippen LogP contribution in [0.2, 0.25) is 0 Å². The van der Waals surface area contributed by atoms with Crippen LogP contribution in [0.3, 0.4) is 0 Å². The number of amidine groups is 1. The van der Waals surface area contributed by atoms with Crippen molar-refractivity contribution in [3.8, 4) is 0 Å². The number of thioether (sulfide) groups is 1. The summed E-state index contributed by atoms with van der Waals surface area (Å²) in [6, 6.07) is 15.8. The van der Waals surface area contributed by atoms with Crippen molar-refractivity contribution in [3.63, 3.8) is 0 Å². The third-order valence-corrected chi connectivity index (χ3v) is 5.97. The molecule has 3 heterocycles. The van der Waals surface area contributed by atoms with Crippen LogP contribution in [0, 0.1) is 0 Å². The minimum absolute atomic E-state index is 0.0197. The highest BCUT2D eigenvalue weighted by Gasteiger charge is 2.38. The van der Waals surface area contributed by atoms with Gasteiger partial charge in [-0.1, -0.05) is 49.0 Å². The lowest BCUT2D eigenvalue weighted by atomic mass is 10.1. The third kappa shape index (κ3) is 4.86. The fourth-order valence-electron chi connectivity index (χ4n) is 3.14. The van der Waals surface area contributed by atoms with Crippen LogP contribution in [-0.2, 0) is 24.2 Å². The lowest BCUT2D eigenvalue weighted by Crippen LogP contribution is -2.32. The van der Waals surface area contributed by atoms with Gasteiger partial charge in [-0.15, -0.1) is 5.10 Å². The average molecular weight is 419 g/mol. The lowest BCUT2D eigenvalue weighted by Gasteiger charge is -2.14. The van der Waals surface area contributed by atoms with E-state index in [1.807, 2.05) is 24.3 Å². The first-order chi connectivity index (χ1) is 14.7. The molecule has 30 heavy (non-hydrogen) atoms. The number of aromatic nitrogens is 1.